The topological polar surface area (TPSA) is 25.4 Å². The Labute approximate surface area is 96.4 Å². The van der Waals surface area contributed by atoms with Crippen LogP contribution in [-0.2, 0) is 0 Å². The Morgan fingerprint density at radius 1 is 1.25 bits per heavy atom. The summed E-state index contributed by atoms with van der Waals surface area (Å²) in [6.07, 6.45) is 4.24. The molecule has 0 spiro atoms. The van der Waals surface area contributed by atoms with Crippen molar-refractivity contribution >= 4 is 5.82 Å². The van der Waals surface area contributed by atoms with Gasteiger partial charge in [0.25, 0.3) is 0 Å². The Morgan fingerprint density at radius 2 is 2.00 bits per heavy atom. The summed E-state index contributed by atoms with van der Waals surface area (Å²) >= 11 is 0. The van der Waals surface area contributed by atoms with Gasteiger partial charge in [-0.2, -0.15) is 4.98 Å². The lowest BCUT2D eigenvalue weighted by molar-refractivity contribution is 0.398. The van der Waals surface area contributed by atoms with Gasteiger partial charge in [-0.05, 0) is 30.7 Å². The molecule has 2 fully saturated rings. The molecule has 3 heteroatoms. The second-order valence-corrected chi connectivity index (χ2v) is 4.89. The van der Waals surface area contributed by atoms with Crippen LogP contribution in [0.4, 0.5) is 5.82 Å². The van der Waals surface area contributed by atoms with Crippen LogP contribution in [0.3, 0.4) is 0 Å². The predicted octanol–water partition coefficient (Wildman–Crippen LogP) is 2.33. The van der Waals surface area contributed by atoms with Gasteiger partial charge in [0, 0.05) is 19.2 Å². The molecule has 3 rings (SSSR count). The van der Waals surface area contributed by atoms with Crippen LogP contribution in [0.25, 0.3) is 0 Å². The fourth-order valence-corrected chi connectivity index (χ4v) is 3.12. The number of pyridine rings is 1. The minimum Gasteiger partial charge on any atom is -0.481 e. The molecule has 0 radical (unpaired) electrons. The maximum absolute atomic E-state index is 5.17. The first-order valence-electron chi connectivity index (χ1n) is 6.13. The highest BCUT2D eigenvalue weighted by atomic mass is 16.5. The van der Waals surface area contributed by atoms with Crippen LogP contribution in [0.15, 0.2) is 18.2 Å². The highest BCUT2D eigenvalue weighted by molar-refractivity contribution is 5.42. The third kappa shape index (κ3) is 1.64. The van der Waals surface area contributed by atoms with Gasteiger partial charge in [0.1, 0.15) is 5.82 Å². The van der Waals surface area contributed by atoms with E-state index in [2.05, 4.69) is 16.0 Å². The molecule has 2 atom stereocenters. The first-order valence-corrected chi connectivity index (χ1v) is 6.13. The van der Waals surface area contributed by atoms with E-state index in [-0.39, 0.29) is 0 Å². The van der Waals surface area contributed by atoms with E-state index in [1.165, 1.54) is 32.4 Å². The molecule has 0 N–H and O–H groups in total. The Balaban J connectivity index is 1.78. The maximum atomic E-state index is 5.17. The van der Waals surface area contributed by atoms with E-state index < -0.39 is 0 Å². The quantitative estimate of drug-likeness (QED) is 0.761. The second kappa shape index (κ2) is 3.96. The van der Waals surface area contributed by atoms with Crippen molar-refractivity contribution in [1.29, 1.82) is 0 Å². The average molecular weight is 218 g/mol. The number of ether oxygens (including phenoxy) is 1. The van der Waals surface area contributed by atoms with Crippen LogP contribution >= 0.6 is 0 Å². The first kappa shape index (κ1) is 9.94. The van der Waals surface area contributed by atoms with Gasteiger partial charge in [0.2, 0.25) is 5.88 Å². The summed E-state index contributed by atoms with van der Waals surface area (Å²) in [5.41, 5.74) is 0. The zero-order chi connectivity index (χ0) is 11.0. The molecule has 16 heavy (non-hydrogen) atoms. The summed E-state index contributed by atoms with van der Waals surface area (Å²) in [5, 5.41) is 0. The molecule has 1 aliphatic heterocycles. The van der Waals surface area contributed by atoms with Crippen molar-refractivity contribution < 1.29 is 4.74 Å². The lowest BCUT2D eigenvalue weighted by atomic mass is 10.0. The smallest absolute Gasteiger partial charge is 0.214 e. The standard InChI is InChI=1S/C13H18N2O/c1-16-13-7-3-6-12(14-13)15-8-10-4-2-5-11(10)9-15/h3,6-7,10-11H,2,4-5,8-9H2,1H3/t10-,11+. The van der Waals surface area contributed by atoms with E-state index in [1.54, 1.807) is 7.11 Å². The molecular formula is C13H18N2O. The highest BCUT2D eigenvalue weighted by Crippen LogP contribution is 2.39. The van der Waals surface area contributed by atoms with Crippen LogP contribution < -0.4 is 9.64 Å². The normalized spacial score (nSPS) is 28.2. The third-order valence-corrected chi connectivity index (χ3v) is 3.97. The molecular weight excluding hydrogens is 200 g/mol. The zero-order valence-corrected chi connectivity index (χ0v) is 9.72. The van der Waals surface area contributed by atoms with E-state index in [4.69, 9.17) is 4.74 Å². The number of aromatic nitrogens is 1. The van der Waals surface area contributed by atoms with E-state index >= 15 is 0 Å². The van der Waals surface area contributed by atoms with Crippen molar-refractivity contribution in [2.24, 2.45) is 11.8 Å². The number of fused-ring (bicyclic) bond motifs is 1. The second-order valence-electron chi connectivity index (χ2n) is 4.89. The van der Waals surface area contributed by atoms with E-state index in [0.29, 0.717) is 0 Å². The van der Waals surface area contributed by atoms with Gasteiger partial charge in [0.15, 0.2) is 0 Å². The van der Waals surface area contributed by atoms with Crippen LogP contribution in [-0.4, -0.2) is 25.2 Å². The molecule has 86 valence electrons. The van der Waals surface area contributed by atoms with Crippen molar-refractivity contribution in [2.45, 2.75) is 19.3 Å². The van der Waals surface area contributed by atoms with Crippen LogP contribution in [0.1, 0.15) is 19.3 Å². The maximum Gasteiger partial charge on any atom is 0.214 e. The van der Waals surface area contributed by atoms with Gasteiger partial charge in [-0.15, -0.1) is 0 Å². The molecule has 3 nitrogen and oxygen atoms in total. The number of nitrogens with zero attached hydrogens (tertiary/aromatic N) is 2. The van der Waals surface area contributed by atoms with Crippen LogP contribution in [0.5, 0.6) is 5.88 Å². The predicted molar refractivity (Wildman–Crippen MR) is 63.8 cm³/mol. The number of rotatable bonds is 2. The minimum atomic E-state index is 0.717. The Morgan fingerprint density at radius 3 is 2.69 bits per heavy atom. The van der Waals surface area contributed by atoms with Gasteiger partial charge in [0.05, 0.1) is 7.11 Å². The summed E-state index contributed by atoms with van der Waals surface area (Å²) in [6.45, 7) is 2.37. The van der Waals surface area contributed by atoms with Gasteiger partial charge < -0.3 is 9.64 Å². The Hall–Kier alpha value is -1.25. The van der Waals surface area contributed by atoms with Gasteiger partial charge in [-0.3, -0.25) is 0 Å². The molecule has 0 bridgehead atoms. The van der Waals surface area contributed by atoms with E-state index in [9.17, 15) is 0 Å². The summed E-state index contributed by atoms with van der Waals surface area (Å²) in [4.78, 5) is 6.92. The summed E-state index contributed by atoms with van der Waals surface area (Å²) < 4.78 is 5.17. The molecule has 1 aromatic heterocycles. The monoisotopic (exact) mass is 218 g/mol. The van der Waals surface area contributed by atoms with Crippen LogP contribution in [0.2, 0.25) is 0 Å². The number of hydrogen-bond donors (Lipinski definition) is 0. The SMILES string of the molecule is COc1cccc(N2C[C@H]3CCC[C@H]3C2)n1. The minimum absolute atomic E-state index is 0.717. The Bertz CT molecular complexity index is 368. The van der Waals surface area contributed by atoms with E-state index in [1.807, 2.05) is 12.1 Å². The summed E-state index contributed by atoms with van der Waals surface area (Å²) in [5.74, 6) is 3.62. The number of methoxy groups -OCH3 is 1. The molecule has 1 aromatic rings. The molecule has 0 aromatic carbocycles. The average Bonchev–Trinajstić information content (AvgIpc) is 2.89. The highest BCUT2D eigenvalue weighted by Gasteiger charge is 2.36. The third-order valence-electron chi connectivity index (χ3n) is 3.97. The molecule has 1 saturated heterocycles. The van der Waals surface area contributed by atoms with Gasteiger partial charge in [-0.25, -0.2) is 0 Å². The van der Waals surface area contributed by atoms with Crippen molar-refractivity contribution in [3.05, 3.63) is 18.2 Å². The van der Waals surface area contributed by atoms with E-state index in [0.717, 1.165) is 23.5 Å². The van der Waals surface area contributed by atoms with Gasteiger partial charge >= 0.3 is 0 Å². The fourth-order valence-electron chi connectivity index (χ4n) is 3.12. The fraction of sp³-hybridized carbons (Fsp3) is 0.615. The number of anilines is 1. The molecule has 0 amide bonds. The number of hydrogen-bond acceptors (Lipinski definition) is 3. The van der Waals surface area contributed by atoms with Crippen LogP contribution in [0, 0.1) is 11.8 Å². The molecule has 1 saturated carbocycles. The molecule has 2 heterocycles. The molecule has 0 unspecified atom stereocenters. The lowest BCUT2D eigenvalue weighted by Crippen LogP contribution is -2.21. The van der Waals surface area contributed by atoms with Gasteiger partial charge in [-0.1, -0.05) is 12.5 Å². The largest absolute Gasteiger partial charge is 0.481 e. The first-order chi connectivity index (χ1) is 7.86. The summed E-state index contributed by atoms with van der Waals surface area (Å²) in [7, 11) is 1.67. The van der Waals surface area contributed by atoms with Crippen molar-refractivity contribution in [3.8, 4) is 5.88 Å². The zero-order valence-electron chi connectivity index (χ0n) is 9.72. The van der Waals surface area contributed by atoms with Crippen molar-refractivity contribution in [2.75, 3.05) is 25.1 Å². The molecule has 2 aliphatic rings. The Kier molecular flexibility index (Phi) is 2.46. The van der Waals surface area contributed by atoms with Crippen molar-refractivity contribution in [1.82, 2.24) is 4.98 Å². The van der Waals surface area contributed by atoms with Crippen molar-refractivity contribution in [3.63, 3.8) is 0 Å². The summed E-state index contributed by atoms with van der Waals surface area (Å²) in [6, 6.07) is 6.01. The lowest BCUT2D eigenvalue weighted by Gasteiger charge is -2.18. The molecule has 1 aliphatic carbocycles.